The van der Waals surface area contributed by atoms with Crippen molar-refractivity contribution < 1.29 is 24.2 Å². The Kier molecular flexibility index (Phi) is 7.85. The average molecular weight is 545 g/mol. The topological polar surface area (TPSA) is 105 Å². The van der Waals surface area contributed by atoms with Crippen molar-refractivity contribution in [2.24, 2.45) is 0 Å². The van der Waals surface area contributed by atoms with E-state index in [1.807, 2.05) is 42.2 Å². The number of para-hydroxylation sites is 1. The molecule has 10 heteroatoms. The number of benzene rings is 3. The normalized spacial score (nSPS) is 16.0. The quantitative estimate of drug-likeness (QED) is 0.338. The van der Waals surface area contributed by atoms with Gasteiger partial charge in [0.25, 0.3) is 5.91 Å². The molecule has 0 bridgehead atoms. The lowest BCUT2D eigenvalue weighted by atomic mass is 10.1. The third kappa shape index (κ3) is 5.92. The standard InChI is InChI=1S/C29H28N4O5S/c1-19-18-32(16-17-33(19)27(35)21-8-10-22(11-9-21)28(36)37-2)29-30-26(31-39-29)25(34)20-12-14-24(15-13-20)38-23-6-4-3-5-7-23/h3-15,19,25,34H,16-18H2,1-2H3. The van der Waals surface area contributed by atoms with E-state index in [1.54, 1.807) is 48.5 Å². The summed E-state index contributed by atoms with van der Waals surface area (Å²) in [6.45, 7) is 3.68. The van der Waals surface area contributed by atoms with Gasteiger partial charge >= 0.3 is 5.97 Å². The van der Waals surface area contributed by atoms with Gasteiger partial charge in [0.05, 0.1) is 12.7 Å². The van der Waals surface area contributed by atoms with Crippen LogP contribution in [-0.2, 0) is 4.74 Å². The lowest BCUT2D eigenvalue weighted by Crippen LogP contribution is -2.54. The molecule has 4 aromatic rings. The monoisotopic (exact) mass is 544 g/mol. The molecular formula is C29H28N4O5S. The molecule has 2 atom stereocenters. The minimum atomic E-state index is -0.964. The van der Waals surface area contributed by atoms with Gasteiger partial charge in [-0.1, -0.05) is 30.3 Å². The molecule has 0 radical (unpaired) electrons. The molecule has 1 saturated heterocycles. The summed E-state index contributed by atoms with van der Waals surface area (Å²) >= 11 is 1.23. The first-order valence-corrected chi connectivity index (χ1v) is 13.3. The first-order valence-electron chi connectivity index (χ1n) is 12.5. The average Bonchev–Trinajstić information content (AvgIpc) is 3.47. The molecule has 5 rings (SSSR count). The van der Waals surface area contributed by atoms with E-state index in [-0.39, 0.29) is 11.9 Å². The van der Waals surface area contributed by atoms with Crippen molar-refractivity contribution in [3.05, 3.63) is 101 Å². The molecule has 1 N–H and O–H groups in total. The molecule has 200 valence electrons. The van der Waals surface area contributed by atoms with Crippen LogP contribution in [0.5, 0.6) is 11.5 Å². The van der Waals surface area contributed by atoms with Crippen LogP contribution in [-0.4, -0.2) is 64.0 Å². The number of esters is 1. The van der Waals surface area contributed by atoms with Crippen molar-refractivity contribution in [1.29, 1.82) is 0 Å². The highest BCUT2D eigenvalue weighted by molar-refractivity contribution is 7.09. The number of methoxy groups -OCH3 is 1. The molecule has 1 amide bonds. The number of rotatable bonds is 7. The lowest BCUT2D eigenvalue weighted by molar-refractivity contribution is 0.0598. The van der Waals surface area contributed by atoms with Crippen LogP contribution in [0.25, 0.3) is 0 Å². The molecule has 1 aromatic heterocycles. The summed E-state index contributed by atoms with van der Waals surface area (Å²) in [5.41, 5.74) is 1.59. The second kappa shape index (κ2) is 11.6. The molecule has 3 aromatic carbocycles. The molecule has 2 heterocycles. The molecular weight excluding hydrogens is 516 g/mol. The third-order valence-corrected chi connectivity index (χ3v) is 7.35. The Labute approximate surface area is 230 Å². The van der Waals surface area contributed by atoms with Gasteiger partial charge in [-0.05, 0) is 61.0 Å². The Balaban J connectivity index is 1.19. The zero-order valence-corrected chi connectivity index (χ0v) is 22.4. The third-order valence-electron chi connectivity index (χ3n) is 6.56. The Morgan fingerprint density at radius 3 is 2.28 bits per heavy atom. The molecule has 1 fully saturated rings. The summed E-state index contributed by atoms with van der Waals surface area (Å²) in [7, 11) is 1.32. The van der Waals surface area contributed by atoms with Gasteiger partial charge in [0.15, 0.2) is 5.82 Å². The second-order valence-electron chi connectivity index (χ2n) is 9.18. The Morgan fingerprint density at radius 2 is 1.62 bits per heavy atom. The summed E-state index contributed by atoms with van der Waals surface area (Å²) in [6, 6.07) is 23.1. The number of hydrogen-bond acceptors (Lipinski definition) is 9. The smallest absolute Gasteiger partial charge is 0.337 e. The maximum atomic E-state index is 13.1. The first kappa shape index (κ1) is 26.3. The summed E-state index contributed by atoms with van der Waals surface area (Å²) in [5, 5.41) is 11.6. The SMILES string of the molecule is COC(=O)c1ccc(C(=O)N2CCN(c3nc(C(O)c4ccc(Oc5ccccc5)cc4)ns3)CC2C)cc1. The largest absolute Gasteiger partial charge is 0.465 e. The van der Waals surface area contributed by atoms with Crippen LogP contribution in [0.4, 0.5) is 5.13 Å². The van der Waals surface area contributed by atoms with E-state index in [0.29, 0.717) is 53.0 Å². The maximum absolute atomic E-state index is 13.1. The number of anilines is 1. The highest BCUT2D eigenvalue weighted by atomic mass is 32.1. The van der Waals surface area contributed by atoms with Crippen LogP contribution in [0.2, 0.25) is 0 Å². The molecule has 0 aliphatic carbocycles. The zero-order chi connectivity index (χ0) is 27.4. The summed E-state index contributed by atoms with van der Waals surface area (Å²) < 4.78 is 14.9. The zero-order valence-electron chi connectivity index (χ0n) is 21.6. The number of aromatic nitrogens is 2. The van der Waals surface area contributed by atoms with Gasteiger partial charge in [-0.2, -0.15) is 4.37 Å². The first-order chi connectivity index (χ1) is 18.9. The fourth-order valence-corrected chi connectivity index (χ4v) is 5.15. The van der Waals surface area contributed by atoms with E-state index in [9.17, 15) is 14.7 Å². The molecule has 2 unspecified atom stereocenters. The highest BCUT2D eigenvalue weighted by Gasteiger charge is 2.30. The number of aliphatic hydroxyl groups excluding tert-OH is 1. The lowest BCUT2D eigenvalue weighted by Gasteiger charge is -2.39. The number of piperazine rings is 1. The number of amides is 1. The fourth-order valence-electron chi connectivity index (χ4n) is 4.42. The van der Waals surface area contributed by atoms with Gasteiger partial charge in [0.2, 0.25) is 5.13 Å². The van der Waals surface area contributed by atoms with Crippen molar-refractivity contribution in [2.45, 2.75) is 19.1 Å². The minimum Gasteiger partial charge on any atom is -0.465 e. The van der Waals surface area contributed by atoms with Crippen LogP contribution < -0.4 is 9.64 Å². The van der Waals surface area contributed by atoms with Gasteiger partial charge in [0.1, 0.15) is 17.6 Å². The predicted octanol–water partition coefficient (Wildman–Crippen LogP) is 4.55. The number of carbonyl (C=O) groups is 2. The maximum Gasteiger partial charge on any atom is 0.337 e. The summed E-state index contributed by atoms with van der Waals surface area (Å²) in [4.78, 5) is 33.3. The Hall–Kier alpha value is -4.28. The number of ether oxygens (including phenoxy) is 2. The van der Waals surface area contributed by atoms with Crippen LogP contribution in [0.15, 0.2) is 78.9 Å². The van der Waals surface area contributed by atoms with Gasteiger partial charge in [-0.15, -0.1) is 0 Å². The van der Waals surface area contributed by atoms with Gasteiger partial charge in [0, 0.05) is 42.8 Å². The Bertz CT molecular complexity index is 1430. The van der Waals surface area contributed by atoms with Crippen LogP contribution >= 0.6 is 11.5 Å². The van der Waals surface area contributed by atoms with Gasteiger partial charge < -0.3 is 24.4 Å². The fraction of sp³-hybridized carbons (Fsp3) is 0.241. The number of aliphatic hydroxyl groups is 1. The summed E-state index contributed by atoms with van der Waals surface area (Å²) in [6.07, 6.45) is -0.964. The molecule has 1 aliphatic rings. The summed E-state index contributed by atoms with van der Waals surface area (Å²) in [5.74, 6) is 1.22. The molecule has 39 heavy (non-hydrogen) atoms. The van der Waals surface area contributed by atoms with Crippen molar-refractivity contribution in [1.82, 2.24) is 14.3 Å². The molecule has 0 saturated carbocycles. The number of hydrogen-bond donors (Lipinski definition) is 1. The number of nitrogens with zero attached hydrogens (tertiary/aromatic N) is 4. The predicted molar refractivity (Wildman–Crippen MR) is 147 cm³/mol. The van der Waals surface area contributed by atoms with Gasteiger partial charge in [-0.25, -0.2) is 9.78 Å². The van der Waals surface area contributed by atoms with E-state index in [4.69, 9.17) is 9.47 Å². The molecule has 0 spiro atoms. The Morgan fingerprint density at radius 1 is 0.949 bits per heavy atom. The van der Waals surface area contributed by atoms with E-state index in [0.717, 1.165) is 5.75 Å². The van der Waals surface area contributed by atoms with E-state index in [1.165, 1.54) is 18.6 Å². The van der Waals surface area contributed by atoms with Crippen LogP contribution in [0.3, 0.4) is 0 Å². The second-order valence-corrected chi connectivity index (χ2v) is 9.91. The van der Waals surface area contributed by atoms with Crippen molar-refractivity contribution in [3.63, 3.8) is 0 Å². The minimum absolute atomic E-state index is 0.0685. The van der Waals surface area contributed by atoms with Crippen molar-refractivity contribution in [2.75, 3.05) is 31.6 Å². The van der Waals surface area contributed by atoms with Gasteiger partial charge in [-0.3, -0.25) is 4.79 Å². The van der Waals surface area contributed by atoms with Crippen molar-refractivity contribution >= 4 is 28.5 Å². The number of carbonyl (C=O) groups excluding carboxylic acids is 2. The van der Waals surface area contributed by atoms with Crippen molar-refractivity contribution in [3.8, 4) is 11.5 Å². The van der Waals surface area contributed by atoms with E-state index < -0.39 is 12.1 Å². The van der Waals surface area contributed by atoms with Crippen LogP contribution in [0.1, 0.15) is 45.1 Å². The highest BCUT2D eigenvalue weighted by Crippen LogP contribution is 2.29. The van der Waals surface area contributed by atoms with E-state index >= 15 is 0 Å². The van der Waals surface area contributed by atoms with Crippen LogP contribution in [0, 0.1) is 0 Å². The molecule has 9 nitrogen and oxygen atoms in total. The van der Waals surface area contributed by atoms with E-state index in [2.05, 4.69) is 14.3 Å². The molecule has 1 aliphatic heterocycles.